The van der Waals surface area contributed by atoms with E-state index in [0.29, 0.717) is 22.2 Å². The number of halogens is 1. The van der Waals surface area contributed by atoms with Crippen molar-refractivity contribution in [2.45, 2.75) is 38.4 Å². The van der Waals surface area contributed by atoms with E-state index in [1.807, 2.05) is 13.8 Å². The van der Waals surface area contributed by atoms with Crippen molar-refractivity contribution < 1.29 is 18.3 Å². The van der Waals surface area contributed by atoms with E-state index in [1.54, 1.807) is 13.0 Å². The van der Waals surface area contributed by atoms with Crippen LogP contribution >= 0.6 is 15.9 Å². The number of hydrogen-bond acceptors (Lipinski definition) is 4. The van der Waals surface area contributed by atoms with Crippen LogP contribution in [0, 0.1) is 6.92 Å². The Kier molecular flexibility index (Phi) is 6.60. The molecule has 0 saturated carbocycles. The van der Waals surface area contributed by atoms with Crippen molar-refractivity contribution in [1.29, 1.82) is 0 Å². The zero-order valence-corrected chi connectivity index (χ0v) is 14.2. The van der Waals surface area contributed by atoms with Crippen molar-refractivity contribution in [2.24, 2.45) is 0 Å². The van der Waals surface area contributed by atoms with E-state index in [0.717, 1.165) is 0 Å². The molecular weight excluding hydrogens is 346 g/mol. The van der Waals surface area contributed by atoms with E-state index in [9.17, 15) is 8.42 Å². The molecule has 0 radical (unpaired) electrons. The molecule has 0 amide bonds. The summed E-state index contributed by atoms with van der Waals surface area (Å²) in [5.41, 5.74) is 1.15. The van der Waals surface area contributed by atoms with Gasteiger partial charge in [-0.25, -0.2) is 13.1 Å². The molecule has 0 unspecified atom stereocenters. The number of rotatable bonds is 7. The van der Waals surface area contributed by atoms with E-state index < -0.39 is 10.0 Å². The molecule has 0 aliphatic rings. The lowest BCUT2D eigenvalue weighted by Crippen LogP contribution is -2.29. The van der Waals surface area contributed by atoms with Crippen molar-refractivity contribution in [2.75, 3.05) is 13.2 Å². The summed E-state index contributed by atoms with van der Waals surface area (Å²) in [5.74, 6) is 0. The summed E-state index contributed by atoms with van der Waals surface area (Å²) >= 11 is 3.30. The molecule has 5 nitrogen and oxygen atoms in total. The van der Waals surface area contributed by atoms with Gasteiger partial charge in [-0.2, -0.15) is 0 Å². The number of hydrogen-bond donors (Lipinski definition) is 2. The van der Waals surface area contributed by atoms with Crippen LogP contribution in [0.1, 0.15) is 25.0 Å². The summed E-state index contributed by atoms with van der Waals surface area (Å²) in [4.78, 5) is 0.167. The van der Waals surface area contributed by atoms with Crippen molar-refractivity contribution in [3.8, 4) is 0 Å². The van der Waals surface area contributed by atoms with Gasteiger partial charge in [-0.15, -0.1) is 0 Å². The standard InChI is InChI=1S/C13H20BrNO4S/c1-9(2)19-5-4-15-20(17,18)13-7-11(8-16)6-12(14)10(13)3/h6-7,9,15-16H,4-5,8H2,1-3H3. The van der Waals surface area contributed by atoms with Crippen molar-refractivity contribution >= 4 is 26.0 Å². The van der Waals surface area contributed by atoms with E-state index >= 15 is 0 Å². The maximum atomic E-state index is 12.2. The Bertz CT molecular complexity index is 558. The Morgan fingerprint density at radius 3 is 2.60 bits per heavy atom. The second-order valence-corrected chi connectivity index (χ2v) is 7.27. The topological polar surface area (TPSA) is 75.6 Å². The van der Waals surface area contributed by atoms with Gasteiger partial charge in [-0.1, -0.05) is 15.9 Å². The SMILES string of the molecule is Cc1c(Br)cc(CO)cc1S(=O)(=O)NCCOC(C)C. The molecular formula is C13H20BrNO4S. The van der Waals surface area contributed by atoms with Crippen LogP contribution in [0.15, 0.2) is 21.5 Å². The fraction of sp³-hybridized carbons (Fsp3) is 0.538. The number of sulfonamides is 1. The van der Waals surface area contributed by atoms with Gasteiger partial charge in [0, 0.05) is 11.0 Å². The van der Waals surface area contributed by atoms with Crippen LogP contribution in [0.5, 0.6) is 0 Å². The average Bonchev–Trinajstić information content (AvgIpc) is 2.37. The first-order valence-corrected chi connectivity index (χ1v) is 8.56. The molecule has 2 N–H and O–H groups in total. The number of aliphatic hydroxyl groups is 1. The van der Waals surface area contributed by atoms with Gasteiger partial charge in [-0.3, -0.25) is 0 Å². The summed E-state index contributed by atoms with van der Waals surface area (Å²) < 4.78 is 32.9. The lowest BCUT2D eigenvalue weighted by Gasteiger charge is -2.13. The highest BCUT2D eigenvalue weighted by Crippen LogP contribution is 2.25. The first-order valence-electron chi connectivity index (χ1n) is 6.29. The van der Waals surface area contributed by atoms with Crippen molar-refractivity contribution in [1.82, 2.24) is 4.72 Å². The van der Waals surface area contributed by atoms with Gasteiger partial charge in [0.25, 0.3) is 0 Å². The monoisotopic (exact) mass is 365 g/mol. The van der Waals surface area contributed by atoms with Crippen LogP contribution < -0.4 is 4.72 Å². The molecule has 0 spiro atoms. The maximum absolute atomic E-state index is 12.2. The minimum atomic E-state index is -3.62. The summed E-state index contributed by atoms with van der Waals surface area (Å²) in [6, 6.07) is 3.18. The number of benzene rings is 1. The predicted octanol–water partition coefficient (Wildman–Crippen LogP) is 1.95. The van der Waals surface area contributed by atoms with Gasteiger partial charge in [-0.05, 0) is 44.0 Å². The number of aliphatic hydroxyl groups excluding tert-OH is 1. The molecule has 20 heavy (non-hydrogen) atoms. The molecule has 1 aromatic carbocycles. The minimum Gasteiger partial charge on any atom is -0.392 e. The molecule has 7 heteroatoms. The molecule has 114 valence electrons. The van der Waals surface area contributed by atoms with Gasteiger partial charge in [0.2, 0.25) is 10.0 Å². The highest BCUT2D eigenvalue weighted by atomic mass is 79.9. The molecule has 0 saturated heterocycles. The van der Waals surface area contributed by atoms with Gasteiger partial charge in [0.1, 0.15) is 0 Å². The summed E-state index contributed by atoms with van der Waals surface area (Å²) in [6.45, 7) is 5.81. The third-order valence-corrected chi connectivity index (χ3v) is 5.08. The van der Waals surface area contributed by atoms with Crippen LogP contribution in [-0.2, 0) is 21.4 Å². The highest BCUT2D eigenvalue weighted by molar-refractivity contribution is 9.10. The van der Waals surface area contributed by atoms with Crippen LogP contribution in [0.25, 0.3) is 0 Å². The zero-order chi connectivity index (χ0) is 15.3. The predicted molar refractivity (Wildman–Crippen MR) is 81.1 cm³/mol. The zero-order valence-electron chi connectivity index (χ0n) is 11.8. The Balaban J connectivity index is 2.89. The molecule has 0 heterocycles. The van der Waals surface area contributed by atoms with Crippen molar-refractivity contribution in [3.05, 3.63) is 27.7 Å². The summed E-state index contributed by atoms with van der Waals surface area (Å²) in [7, 11) is -3.62. The Hall–Kier alpha value is -0.470. The van der Waals surface area contributed by atoms with E-state index in [1.165, 1.54) is 6.07 Å². The molecule has 0 fully saturated rings. The third kappa shape index (κ3) is 4.82. The normalized spacial score (nSPS) is 12.1. The largest absolute Gasteiger partial charge is 0.392 e. The second kappa shape index (κ2) is 7.51. The fourth-order valence-electron chi connectivity index (χ4n) is 1.63. The lowest BCUT2D eigenvalue weighted by atomic mass is 10.2. The molecule has 1 rings (SSSR count). The second-order valence-electron chi connectivity index (χ2n) is 4.68. The first kappa shape index (κ1) is 17.6. The highest BCUT2D eigenvalue weighted by Gasteiger charge is 2.19. The lowest BCUT2D eigenvalue weighted by molar-refractivity contribution is 0.0834. The number of nitrogens with one attached hydrogen (secondary N) is 1. The van der Waals surface area contributed by atoms with Crippen LogP contribution in [-0.4, -0.2) is 32.8 Å². The van der Waals surface area contributed by atoms with Crippen LogP contribution in [0.2, 0.25) is 0 Å². The first-order chi connectivity index (χ1) is 9.27. The maximum Gasteiger partial charge on any atom is 0.240 e. The van der Waals surface area contributed by atoms with Gasteiger partial charge in [0.15, 0.2) is 0 Å². The third-order valence-electron chi connectivity index (χ3n) is 2.67. The van der Waals surface area contributed by atoms with E-state index in [4.69, 9.17) is 9.84 Å². The smallest absolute Gasteiger partial charge is 0.240 e. The Labute approximate surface area is 128 Å². The molecule has 0 aliphatic carbocycles. The molecule has 0 aliphatic heterocycles. The Morgan fingerprint density at radius 2 is 2.05 bits per heavy atom. The fourth-order valence-corrected chi connectivity index (χ4v) is 3.59. The quantitative estimate of drug-likeness (QED) is 0.724. The van der Waals surface area contributed by atoms with Gasteiger partial charge >= 0.3 is 0 Å². The molecule has 0 atom stereocenters. The average molecular weight is 366 g/mol. The molecule has 0 bridgehead atoms. The van der Waals surface area contributed by atoms with Gasteiger partial charge < -0.3 is 9.84 Å². The molecule has 1 aromatic rings. The number of ether oxygens (including phenoxy) is 1. The minimum absolute atomic E-state index is 0.0631. The van der Waals surface area contributed by atoms with Crippen molar-refractivity contribution in [3.63, 3.8) is 0 Å². The van der Waals surface area contributed by atoms with E-state index in [2.05, 4.69) is 20.7 Å². The van der Waals surface area contributed by atoms with Crippen LogP contribution in [0.3, 0.4) is 0 Å². The van der Waals surface area contributed by atoms with Gasteiger partial charge in [0.05, 0.1) is 24.2 Å². The Morgan fingerprint density at radius 1 is 1.40 bits per heavy atom. The summed E-state index contributed by atoms with van der Waals surface area (Å²) in [5, 5.41) is 9.16. The summed E-state index contributed by atoms with van der Waals surface area (Å²) in [6.07, 6.45) is 0.0631. The molecule has 0 aromatic heterocycles. The van der Waals surface area contributed by atoms with E-state index in [-0.39, 0.29) is 24.2 Å². The van der Waals surface area contributed by atoms with Crippen LogP contribution in [0.4, 0.5) is 0 Å².